The molecular formula is C26H22N4O2S. The van der Waals surface area contributed by atoms with E-state index in [4.69, 9.17) is 9.47 Å². The standard InChI is InChI=1S/C26H22N4O2S/c1-31-18-7-5-6-17(14-18)24-22-23(29-26-27-15-28-30(24)26)20-8-3-4-9-21(20)32-25(22)16-10-12-19(33-2)13-11-16/h3-15,24-25H,1-2H3,(H,27,28,29). The fraction of sp³-hybridized carbons (Fsp3) is 0.154. The molecule has 0 radical (unpaired) electrons. The molecule has 0 bridgehead atoms. The van der Waals surface area contributed by atoms with E-state index < -0.39 is 0 Å². The van der Waals surface area contributed by atoms with Crippen LogP contribution in [0, 0.1) is 0 Å². The van der Waals surface area contributed by atoms with Crippen LogP contribution in [0.5, 0.6) is 11.5 Å². The number of aromatic nitrogens is 3. The summed E-state index contributed by atoms with van der Waals surface area (Å²) < 4.78 is 14.1. The maximum absolute atomic E-state index is 6.66. The Morgan fingerprint density at radius 3 is 2.67 bits per heavy atom. The van der Waals surface area contributed by atoms with Crippen LogP contribution in [-0.2, 0) is 0 Å². The molecule has 0 saturated carbocycles. The van der Waals surface area contributed by atoms with Gasteiger partial charge in [0, 0.05) is 16.0 Å². The Labute approximate surface area is 196 Å². The fourth-order valence-electron chi connectivity index (χ4n) is 4.60. The maximum atomic E-state index is 6.66. The number of nitrogens with one attached hydrogen (secondary N) is 1. The second-order valence-corrected chi connectivity index (χ2v) is 8.81. The van der Waals surface area contributed by atoms with Crippen LogP contribution in [0.15, 0.2) is 89.6 Å². The largest absolute Gasteiger partial charge is 0.497 e. The van der Waals surface area contributed by atoms with Gasteiger partial charge in [-0.05, 0) is 53.8 Å². The van der Waals surface area contributed by atoms with Crippen LogP contribution in [0.3, 0.4) is 0 Å². The first-order valence-electron chi connectivity index (χ1n) is 10.7. The van der Waals surface area contributed by atoms with Gasteiger partial charge in [0.15, 0.2) is 0 Å². The summed E-state index contributed by atoms with van der Waals surface area (Å²) in [4.78, 5) is 5.71. The predicted octanol–water partition coefficient (Wildman–Crippen LogP) is 5.57. The Hall–Kier alpha value is -3.71. The minimum atomic E-state index is -0.285. The molecule has 2 unspecified atom stereocenters. The summed E-state index contributed by atoms with van der Waals surface area (Å²) in [6.45, 7) is 0. The van der Waals surface area contributed by atoms with E-state index in [1.165, 1.54) is 4.90 Å². The van der Waals surface area contributed by atoms with Gasteiger partial charge in [-0.3, -0.25) is 0 Å². The van der Waals surface area contributed by atoms with Crippen molar-refractivity contribution in [3.63, 3.8) is 0 Å². The lowest BCUT2D eigenvalue weighted by molar-refractivity contribution is 0.223. The number of ether oxygens (including phenoxy) is 2. The molecule has 2 atom stereocenters. The molecule has 6 nitrogen and oxygen atoms in total. The lowest BCUT2D eigenvalue weighted by atomic mass is 9.84. The van der Waals surface area contributed by atoms with Gasteiger partial charge in [0.1, 0.15) is 30.0 Å². The summed E-state index contributed by atoms with van der Waals surface area (Å²) in [5.74, 6) is 2.35. The quantitative estimate of drug-likeness (QED) is 0.407. The molecule has 4 aromatic rings. The molecule has 1 N–H and O–H groups in total. The van der Waals surface area contributed by atoms with Crippen molar-refractivity contribution in [2.45, 2.75) is 17.0 Å². The van der Waals surface area contributed by atoms with Gasteiger partial charge >= 0.3 is 0 Å². The van der Waals surface area contributed by atoms with Crippen LogP contribution in [0.25, 0.3) is 5.70 Å². The molecule has 2 aliphatic rings. The molecule has 2 aliphatic heterocycles. The third kappa shape index (κ3) is 3.27. The fourth-order valence-corrected chi connectivity index (χ4v) is 5.01. The molecule has 3 aromatic carbocycles. The van der Waals surface area contributed by atoms with Gasteiger partial charge in [0.2, 0.25) is 5.95 Å². The zero-order chi connectivity index (χ0) is 22.4. The summed E-state index contributed by atoms with van der Waals surface area (Å²) in [5.41, 5.74) is 5.28. The minimum absolute atomic E-state index is 0.201. The van der Waals surface area contributed by atoms with Crippen molar-refractivity contribution in [3.05, 3.63) is 101 Å². The van der Waals surface area contributed by atoms with Crippen molar-refractivity contribution in [1.82, 2.24) is 14.8 Å². The second-order valence-electron chi connectivity index (χ2n) is 7.93. The topological polar surface area (TPSA) is 61.2 Å². The molecule has 0 spiro atoms. The average Bonchev–Trinajstić information content (AvgIpc) is 3.35. The van der Waals surface area contributed by atoms with Gasteiger partial charge in [0.05, 0.1) is 12.8 Å². The van der Waals surface area contributed by atoms with Gasteiger partial charge < -0.3 is 14.8 Å². The predicted molar refractivity (Wildman–Crippen MR) is 130 cm³/mol. The van der Waals surface area contributed by atoms with Gasteiger partial charge in [-0.25, -0.2) is 4.68 Å². The SMILES string of the molecule is COc1cccc(C2C3=C(Nc4ncnn42)c2ccccc2OC3c2ccc(SC)cc2)c1. The monoisotopic (exact) mass is 454 g/mol. The summed E-state index contributed by atoms with van der Waals surface area (Å²) in [7, 11) is 1.68. The molecular weight excluding hydrogens is 432 g/mol. The normalized spacial score (nSPS) is 18.5. The number of para-hydroxylation sites is 1. The highest BCUT2D eigenvalue weighted by molar-refractivity contribution is 7.98. The number of thioether (sulfide) groups is 1. The molecule has 0 fully saturated rings. The zero-order valence-electron chi connectivity index (χ0n) is 18.2. The molecule has 1 aromatic heterocycles. The van der Waals surface area contributed by atoms with Crippen LogP contribution >= 0.6 is 11.8 Å². The molecule has 7 heteroatoms. The highest BCUT2D eigenvalue weighted by atomic mass is 32.2. The van der Waals surface area contributed by atoms with Crippen molar-refractivity contribution in [2.24, 2.45) is 0 Å². The first-order valence-corrected chi connectivity index (χ1v) is 11.9. The van der Waals surface area contributed by atoms with Crippen molar-refractivity contribution in [1.29, 1.82) is 0 Å². The number of hydrogen-bond acceptors (Lipinski definition) is 6. The third-order valence-electron chi connectivity index (χ3n) is 6.15. The van der Waals surface area contributed by atoms with E-state index in [1.807, 2.05) is 35.0 Å². The molecule has 6 rings (SSSR count). The highest BCUT2D eigenvalue weighted by Gasteiger charge is 2.40. The van der Waals surface area contributed by atoms with Crippen LogP contribution in [-0.4, -0.2) is 28.1 Å². The summed E-state index contributed by atoms with van der Waals surface area (Å²) in [6.07, 6.45) is 3.38. The first kappa shape index (κ1) is 19.9. The molecule has 0 aliphatic carbocycles. The highest BCUT2D eigenvalue weighted by Crippen LogP contribution is 2.50. The van der Waals surface area contributed by atoms with Crippen LogP contribution in [0.4, 0.5) is 5.95 Å². The van der Waals surface area contributed by atoms with Crippen LogP contribution in [0.1, 0.15) is 28.8 Å². The van der Waals surface area contributed by atoms with Crippen molar-refractivity contribution in [3.8, 4) is 11.5 Å². The van der Waals surface area contributed by atoms with E-state index in [0.717, 1.165) is 39.5 Å². The van der Waals surface area contributed by atoms with Gasteiger partial charge in [-0.15, -0.1) is 11.8 Å². The summed E-state index contributed by atoms with van der Waals surface area (Å²) in [6, 6.07) is 24.6. The number of fused-ring (bicyclic) bond motifs is 3. The molecule has 164 valence electrons. The number of methoxy groups -OCH3 is 1. The second kappa shape index (κ2) is 8.01. The van der Waals surface area contributed by atoms with Crippen LogP contribution < -0.4 is 14.8 Å². The van der Waals surface area contributed by atoms with Crippen molar-refractivity contribution >= 4 is 23.4 Å². The minimum Gasteiger partial charge on any atom is -0.497 e. The molecule has 0 saturated heterocycles. The van der Waals surface area contributed by atoms with E-state index in [0.29, 0.717) is 5.95 Å². The number of rotatable bonds is 4. The Kier molecular flexibility index (Phi) is 4.84. The number of anilines is 1. The Morgan fingerprint density at radius 2 is 1.85 bits per heavy atom. The van der Waals surface area contributed by atoms with Gasteiger partial charge in [0.25, 0.3) is 0 Å². The Balaban J connectivity index is 1.60. The molecule has 33 heavy (non-hydrogen) atoms. The van der Waals surface area contributed by atoms with Gasteiger partial charge in [-0.2, -0.15) is 10.1 Å². The summed E-state index contributed by atoms with van der Waals surface area (Å²) in [5, 5.41) is 8.12. The average molecular weight is 455 g/mol. The van der Waals surface area contributed by atoms with E-state index in [1.54, 1.807) is 25.2 Å². The van der Waals surface area contributed by atoms with E-state index in [2.05, 4.69) is 64.1 Å². The first-order chi connectivity index (χ1) is 16.3. The van der Waals surface area contributed by atoms with Crippen molar-refractivity contribution in [2.75, 3.05) is 18.7 Å². The smallest absolute Gasteiger partial charge is 0.226 e. The maximum Gasteiger partial charge on any atom is 0.226 e. The number of hydrogen-bond donors (Lipinski definition) is 1. The van der Waals surface area contributed by atoms with E-state index >= 15 is 0 Å². The third-order valence-corrected chi connectivity index (χ3v) is 6.89. The van der Waals surface area contributed by atoms with Crippen LogP contribution in [0.2, 0.25) is 0 Å². The molecule has 3 heterocycles. The van der Waals surface area contributed by atoms with E-state index in [-0.39, 0.29) is 12.1 Å². The molecule has 0 amide bonds. The lowest BCUT2D eigenvalue weighted by Crippen LogP contribution is -2.32. The summed E-state index contributed by atoms with van der Waals surface area (Å²) >= 11 is 1.73. The lowest BCUT2D eigenvalue weighted by Gasteiger charge is -2.39. The van der Waals surface area contributed by atoms with Crippen molar-refractivity contribution < 1.29 is 9.47 Å². The number of benzene rings is 3. The zero-order valence-corrected chi connectivity index (χ0v) is 19.0. The van der Waals surface area contributed by atoms with E-state index in [9.17, 15) is 0 Å². The Morgan fingerprint density at radius 1 is 1.00 bits per heavy atom. The Bertz CT molecular complexity index is 1360. The van der Waals surface area contributed by atoms with Gasteiger partial charge in [-0.1, -0.05) is 36.4 Å². The number of nitrogens with zero attached hydrogens (tertiary/aromatic N) is 3.